The Morgan fingerprint density at radius 3 is 2.46 bits per heavy atom. The lowest BCUT2D eigenvalue weighted by atomic mass is 10.1. The molecule has 0 aliphatic carbocycles. The molecule has 0 bridgehead atoms. The van der Waals surface area contributed by atoms with Crippen molar-refractivity contribution >= 4 is 52.5 Å². The second-order valence-corrected chi connectivity index (χ2v) is 8.27. The van der Waals surface area contributed by atoms with Crippen molar-refractivity contribution in [1.82, 2.24) is 5.32 Å². The van der Waals surface area contributed by atoms with Gasteiger partial charge in [-0.2, -0.15) is 0 Å². The van der Waals surface area contributed by atoms with Crippen LogP contribution in [0.1, 0.15) is 18.1 Å². The summed E-state index contributed by atoms with van der Waals surface area (Å²) in [6.07, 6.45) is 1.42. The van der Waals surface area contributed by atoms with Crippen LogP contribution >= 0.6 is 23.8 Å². The van der Waals surface area contributed by atoms with Crippen molar-refractivity contribution in [3.05, 3.63) is 94.3 Å². The second kappa shape index (κ2) is 10.7. The van der Waals surface area contributed by atoms with E-state index >= 15 is 0 Å². The molecule has 4 rings (SSSR count). The van der Waals surface area contributed by atoms with Gasteiger partial charge in [0, 0.05) is 0 Å². The fraction of sp³-hybridized carbons (Fsp3) is 0.115. The molecule has 2 amide bonds. The van der Waals surface area contributed by atoms with Gasteiger partial charge in [0.05, 0.1) is 17.3 Å². The molecular formula is C26H20ClFN2O4S. The molecule has 0 atom stereocenters. The molecule has 0 spiro atoms. The molecule has 35 heavy (non-hydrogen) atoms. The first-order valence-corrected chi connectivity index (χ1v) is 11.5. The lowest BCUT2D eigenvalue weighted by molar-refractivity contribution is -0.122. The first-order chi connectivity index (χ1) is 16.9. The number of ether oxygens (including phenoxy) is 2. The van der Waals surface area contributed by atoms with Gasteiger partial charge in [-0.15, -0.1) is 0 Å². The highest BCUT2D eigenvalue weighted by molar-refractivity contribution is 7.80. The first-order valence-electron chi connectivity index (χ1n) is 10.7. The van der Waals surface area contributed by atoms with E-state index in [0.717, 1.165) is 5.56 Å². The van der Waals surface area contributed by atoms with Crippen LogP contribution in [0.2, 0.25) is 5.02 Å². The Bertz CT molecular complexity index is 1310. The number of thiocarbonyl (C=S) groups is 1. The molecule has 1 aliphatic heterocycles. The summed E-state index contributed by atoms with van der Waals surface area (Å²) in [4.78, 5) is 27.1. The summed E-state index contributed by atoms with van der Waals surface area (Å²) in [5.74, 6) is -0.875. The molecule has 1 fully saturated rings. The van der Waals surface area contributed by atoms with Gasteiger partial charge in [0.15, 0.2) is 16.6 Å². The summed E-state index contributed by atoms with van der Waals surface area (Å²) < 4.78 is 24.7. The van der Waals surface area contributed by atoms with Gasteiger partial charge >= 0.3 is 0 Å². The molecule has 1 N–H and O–H groups in total. The smallest absolute Gasteiger partial charge is 0.270 e. The molecule has 3 aromatic rings. The molecular weight excluding hydrogens is 491 g/mol. The van der Waals surface area contributed by atoms with E-state index in [1.807, 2.05) is 6.07 Å². The Hall–Kier alpha value is -3.75. The van der Waals surface area contributed by atoms with Crippen molar-refractivity contribution in [2.24, 2.45) is 0 Å². The molecule has 1 aliphatic rings. The third kappa shape index (κ3) is 5.50. The Kier molecular flexibility index (Phi) is 7.43. The van der Waals surface area contributed by atoms with Crippen molar-refractivity contribution in [3.8, 4) is 11.5 Å². The Labute approximate surface area is 211 Å². The molecule has 3 aromatic carbocycles. The van der Waals surface area contributed by atoms with Crippen molar-refractivity contribution in [1.29, 1.82) is 0 Å². The van der Waals surface area contributed by atoms with Gasteiger partial charge in [-0.3, -0.25) is 19.8 Å². The van der Waals surface area contributed by atoms with Crippen LogP contribution in [0.3, 0.4) is 0 Å². The zero-order valence-electron chi connectivity index (χ0n) is 18.6. The normalized spacial score (nSPS) is 14.8. The summed E-state index contributed by atoms with van der Waals surface area (Å²) in [7, 11) is 0. The number of rotatable bonds is 7. The summed E-state index contributed by atoms with van der Waals surface area (Å²) in [6.45, 7) is 2.28. The average molecular weight is 511 g/mol. The van der Waals surface area contributed by atoms with Gasteiger partial charge in [-0.1, -0.05) is 41.9 Å². The summed E-state index contributed by atoms with van der Waals surface area (Å²) in [5.41, 5.74) is 1.64. The van der Waals surface area contributed by atoms with E-state index in [1.165, 1.54) is 23.1 Å². The highest BCUT2D eigenvalue weighted by Crippen LogP contribution is 2.38. The van der Waals surface area contributed by atoms with Crippen LogP contribution in [-0.4, -0.2) is 23.5 Å². The number of para-hydroxylation sites is 1. The maximum atomic E-state index is 13.2. The van der Waals surface area contributed by atoms with E-state index in [4.69, 9.17) is 33.3 Å². The summed E-state index contributed by atoms with van der Waals surface area (Å²) in [6, 6.07) is 17.9. The van der Waals surface area contributed by atoms with Crippen molar-refractivity contribution < 1.29 is 23.5 Å². The number of nitrogens with one attached hydrogen (secondary N) is 1. The van der Waals surface area contributed by atoms with Crippen LogP contribution in [0, 0.1) is 5.82 Å². The number of hydrogen-bond donors (Lipinski definition) is 1. The van der Waals surface area contributed by atoms with Gasteiger partial charge in [-0.05, 0) is 72.7 Å². The second-order valence-electron chi connectivity index (χ2n) is 7.47. The van der Waals surface area contributed by atoms with E-state index in [0.29, 0.717) is 29.4 Å². The zero-order valence-corrected chi connectivity index (χ0v) is 20.2. The fourth-order valence-electron chi connectivity index (χ4n) is 3.45. The maximum Gasteiger partial charge on any atom is 0.270 e. The SMILES string of the molecule is CCOc1cc(/C=C2/C(=O)NC(=S)N(c3ccccc3)C2=O)cc(Cl)c1OCc1ccc(F)cc1. The lowest BCUT2D eigenvalue weighted by Crippen LogP contribution is -2.54. The average Bonchev–Trinajstić information content (AvgIpc) is 2.83. The van der Waals surface area contributed by atoms with Crippen LogP contribution in [0.25, 0.3) is 6.08 Å². The quantitative estimate of drug-likeness (QED) is 0.266. The topological polar surface area (TPSA) is 67.9 Å². The molecule has 0 radical (unpaired) electrons. The molecule has 0 unspecified atom stereocenters. The van der Waals surface area contributed by atoms with Gasteiger partial charge in [0.1, 0.15) is 18.0 Å². The Morgan fingerprint density at radius 1 is 1.06 bits per heavy atom. The van der Waals surface area contributed by atoms with Crippen LogP contribution in [0.15, 0.2) is 72.3 Å². The van der Waals surface area contributed by atoms with Crippen LogP contribution in [0.5, 0.6) is 11.5 Å². The monoisotopic (exact) mass is 510 g/mol. The third-order valence-corrected chi connectivity index (χ3v) is 5.62. The summed E-state index contributed by atoms with van der Waals surface area (Å²) >= 11 is 11.7. The number of halogens is 2. The number of carbonyl (C=O) groups is 2. The van der Waals surface area contributed by atoms with Crippen LogP contribution < -0.4 is 19.7 Å². The van der Waals surface area contributed by atoms with Crippen LogP contribution in [0.4, 0.5) is 10.1 Å². The molecule has 178 valence electrons. The number of carbonyl (C=O) groups excluding carboxylic acids is 2. The van der Waals surface area contributed by atoms with Crippen LogP contribution in [-0.2, 0) is 16.2 Å². The lowest BCUT2D eigenvalue weighted by Gasteiger charge is -2.28. The highest BCUT2D eigenvalue weighted by atomic mass is 35.5. The third-order valence-electron chi connectivity index (χ3n) is 5.06. The van der Waals surface area contributed by atoms with Crippen molar-refractivity contribution in [2.45, 2.75) is 13.5 Å². The Balaban J connectivity index is 1.65. The van der Waals surface area contributed by atoms with Gasteiger partial charge in [0.2, 0.25) is 0 Å². The van der Waals surface area contributed by atoms with Gasteiger partial charge in [0.25, 0.3) is 11.8 Å². The zero-order chi connectivity index (χ0) is 24.9. The standard InChI is InChI=1S/C26H20ClFN2O4S/c1-2-33-22-14-17(13-21(27)23(22)34-15-16-8-10-18(28)11-9-16)12-20-24(31)29-26(35)30(25(20)32)19-6-4-3-5-7-19/h3-14H,2,15H2,1H3,(H,29,31,35)/b20-12-. The van der Waals surface area contributed by atoms with E-state index in [2.05, 4.69) is 5.32 Å². The molecule has 9 heteroatoms. The number of amides is 2. The number of nitrogens with zero attached hydrogens (tertiary/aromatic N) is 1. The van der Waals surface area contributed by atoms with Crippen molar-refractivity contribution in [3.63, 3.8) is 0 Å². The molecule has 0 aromatic heterocycles. The van der Waals surface area contributed by atoms with E-state index in [9.17, 15) is 14.0 Å². The fourth-order valence-corrected chi connectivity index (χ4v) is 4.00. The highest BCUT2D eigenvalue weighted by Gasteiger charge is 2.34. The molecule has 1 saturated heterocycles. The number of benzene rings is 3. The molecule has 6 nitrogen and oxygen atoms in total. The summed E-state index contributed by atoms with van der Waals surface area (Å²) in [5, 5.41) is 2.78. The maximum absolute atomic E-state index is 13.2. The number of anilines is 1. The van der Waals surface area contributed by atoms with E-state index < -0.39 is 11.8 Å². The molecule has 0 saturated carbocycles. The predicted molar refractivity (Wildman–Crippen MR) is 136 cm³/mol. The molecule has 1 heterocycles. The minimum atomic E-state index is -0.613. The van der Waals surface area contributed by atoms with Gasteiger partial charge in [-0.25, -0.2) is 4.39 Å². The Morgan fingerprint density at radius 2 is 1.77 bits per heavy atom. The van der Waals surface area contributed by atoms with Crippen molar-refractivity contribution in [2.75, 3.05) is 11.5 Å². The predicted octanol–water partition coefficient (Wildman–Crippen LogP) is 5.29. The van der Waals surface area contributed by atoms with E-state index in [1.54, 1.807) is 55.5 Å². The first kappa shape index (κ1) is 24.4. The van der Waals surface area contributed by atoms with Gasteiger partial charge < -0.3 is 9.47 Å². The largest absolute Gasteiger partial charge is 0.490 e. The van der Waals surface area contributed by atoms with E-state index in [-0.39, 0.29) is 28.1 Å². The number of hydrogen-bond acceptors (Lipinski definition) is 5. The minimum absolute atomic E-state index is 0.000860. The minimum Gasteiger partial charge on any atom is -0.490 e.